The topological polar surface area (TPSA) is 21.3 Å². The lowest BCUT2D eigenvalue weighted by molar-refractivity contribution is -0.139. The number of halogens is 3. The molecule has 1 saturated heterocycles. The molecule has 2 nitrogen and oxygen atoms in total. The van der Waals surface area contributed by atoms with E-state index in [2.05, 4.69) is 12.2 Å². The molecule has 1 N–H and O–H groups in total. The van der Waals surface area contributed by atoms with E-state index in [1.165, 1.54) is 12.8 Å². The Morgan fingerprint density at radius 1 is 1.29 bits per heavy atom. The quantitative estimate of drug-likeness (QED) is 0.783. The van der Waals surface area contributed by atoms with Gasteiger partial charge in [-0.25, -0.2) is 0 Å². The van der Waals surface area contributed by atoms with Gasteiger partial charge in [0.15, 0.2) is 0 Å². The summed E-state index contributed by atoms with van der Waals surface area (Å²) in [7, 11) is 0. The highest BCUT2D eigenvalue weighted by atomic mass is 19.4. The molecule has 2 rings (SSSR count). The second kappa shape index (κ2) is 7.32. The molecule has 2 atom stereocenters. The van der Waals surface area contributed by atoms with Gasteiger partial charge in [0.05, 0.1) is 5.60 Å². The maximum atomic E-state index is 12.5. The van der Waals surface area contributed by atoms with Crippen molar-refractivity contribution in [1.29, 1.82) is 0 Å². The van der Waals surface area contributed by atoms with E-state index in [1.807, 2.05) is 0 Å². The second-order valence-electron chi connectivity index (χ2n) is 6.71. The highest BCUT2D eigenvalue weighted by Gasteiger charge is 2.42. The van der Waals surface area contributed by atoms with Gasteiger partial charge in [0.25, 0.3) is 0 Å². The zero-order valence-electron chi connectivity index (χ0n) is 13.0. The Morgan fingerprint density at radius 2 is 2.00 bits per heavy atom. The van der Waals surface area contributed by atoms with E-state index in [0.717, 1.165) is 38.6 Å². The van der Waals surface area contributed by atoms with Gasteiger partial charge in [0.2, 0.25) is 0 Å². The lowest BCUT2D eigenvalue weighted by Crippen LogP contribution is -2.46. The maximum Gasteiger partial charge on any atom is 0.389 e. The smallest absolute Gasteiger partial charge is 0.375 e. The minimum Gasteiger partial charge on any atom is -0.375 e. The fourth-order valence-electron chi connectivity index (χ4n) is 3.93. The molecule has 5 heteroatoms. The Labute approximate surface area is 125 Å². The molecule has 2 fully saturated rings. The number of hydrogen-bond donors (Lipinski definition) is 1. The fraction of sp³-hybridized carbons (Fsp3) is 1.00. The van der Waals surface area contributed by atoms with Crippen molar-refractivity contribution in [3.8, 4) is 0 Å². The number of ether oxygens (including phenoxy) is 1. The molecule has 21 heavy (non-hydrogen) atoms. The Balaban J connectivity index is 1.94. The number of hydrogen-bond acceptors (Lipinski definition) is 2. The summed E-state index contributed by atoms with van der Waals surface area (Å²) in [5, 5.41) is 3.36. The third-order valence-electron chi connectivity index (χ3n) is 5.01. The molecule has 0 amide bonds. The molecular weight excluding hydrogens is 279 g/mol. The SMILES string of the molecule is CCCNC(CCC(F)(F)F)C1CCOC2(CCCC2)C1. The van der Waals surface area contributed by atoms with Crippen LogP contribution in [0.25, 0.3) is 0 Å². The zero-order chi connectivity index (χ0) is 15.3. The summed E-state index contributed by atoms with van der Waals surface area (Å²) in [6, 6.07) is -0.0204. The predicted molar refractivity (Wildman–Crippen MR) is 77.2 cm³/mol. The van der Waals surface area contributed by atoms with Crippen molar-refractivity contribution in [2.75, 3.05) is 13.2 Å². The minimum atomic E-state index is -4.05. The second-order valence-corrected chi connectivity index (χ2v) is 6.71. The van der Waals surface area contributed by atoms with Crippen LogP contribution >= 0.6 is 0 Å². The van der Waals surface area contributed by atoms with E-state index in [0.29, 0.717) is 12.5 Å². The first-order valence-corrected chi connectivity index (χ1v) is 8.38. The van der Waals surface area contributed by atoms with Gasteiger partial charge in [0.1, 0.15) is 0 Å². The van der Waals surface area contributed by atoms with Crippen LogP contribution in [0.3, 0.4) is 0 Å². The van der Waals surface area contributed by atoms with Crippen molar-refractivity contribution in [2.24, 2.45) is 5.92 Å². The largest absolute Gasteiger partial charge is 0.389 e. The Bertz CT molecular complexity index is 313. The highest BCUT2D eigenvalue weighted by molar-refractivity contribution is 4.94. The van der Waals surface area contributed by atoms with Gasteiger partial charge in [0, 0.05) is 19.1 Å². The molecule has 124 valence electrons. The standard InChI is InChI=1S/C16H28F3NO/c1-2-10-20-14(5-9-16(17,18)19)13-6-11-21-15(12-13)7-3-4-8-15/h13-14,20H,2-12H2,1H3. The van der Waals surface area contributed by atoms with Crippen LogP contribution in [-0.2, 0) is 4.74 Å². The monoisotopic (exact) mass is 307 g/mol. The first-order valence-electron chi connectivity index (χ1n) is 8.38. The lowest BCUT2D eigenvalue weighted by Gasteiger charge is -2.41. The van der Waals surface area contributed by atoms with Gasteiger partial charge in [-0.15, -0.1) is 0 Å². The van der Waals surface area contributed by atoms with E-state index in [1.54, 1.807) is 0 Å². The molecular formula is C16H28F3NO. The van der Waals surface area contributed by atoms with E-state index in [9.17, 15) is 13.2 Å². The van der Waals surface area contributed by atoms with Gasteiger partial charge < -0.3 is 10.1 Å². The summed E-state index contributed by atoms with van der Waals surface area (Å²) in [6.45, 7) is 3.56. The number of nitrogens with one attached hydrogen (secondary N) is 1. The van der Waals surface area contributed by atoms with Crippen LogP contribution in [0.2, 0.25) is 0 Å². The summed E-state index contributed by atoms with van der Waals surface area (Å²) >= 11 is 0. The first-order chi connectivity index (χ1) is 9.94. The van der Waals surface area contributed by atoms with Crippen molar-refractivity contribution in [3.05, 3.63) is 0 Å². The molecule has 2 unspecified atom stereocenters. The van der Waals surface area contributed by atoms with E-state index < -0.39 is 12.6 Å². The summed E-state index contributed by atoms with van der Waals surface area (Å²) in [6.07, 6.45) is 2.81. The number of alkyl halides is 3. The molecule has 0 radical (unpaired) electrons. The Morgan fingerprint density at radius 3 is 2.62 bits per heavy atom. The van der Waals surface area contributed by atoms with Crippen LogP contribution in [0.1, 0.15) is 64.7 Å². The average Bonchev–Trinajstić information content (AvgIpc) is 2.85. The van der Waals surface area contributed by atoms with Crippen LogP contribution in [0, 0.1) is 5.92 Å². The van der Waals surface area contributed by atoms with Crippen molar-refractivity contribution in [1.82, 2.24) is 5.32 Å². The predicted octanol–water partition coefficient (Wildman–Crippen LogP) is 4.44. The molecule has 0 bridgehead atoms. The molecule has 0 aromatic carbocycles. The van der Waals surface area contributed by atoms with Crippen LogP contribution in [0.15, 0.2) is 0 Å². The van der Waals surface area contributed by atoms with Gasteiger partial charge in [-0.05, 0) is 51.0 Å². The number of rotatable bonds is 6. The van der Waals surface area contributed by atoms with Crippen LogP contribution in [-0.4, -0.2) is 31.0 Å². The lowest BCUT2D eigenvalue weighted by atomic mass is 9.79. The average molecular weight is 307 g/mol. The van der Waals surface area contributed by atoms with Gasteiger partial charge in [-0.1, -0.05) is 19.8 Å². The molecule has 1 heterocycles. The van der Waals surface area contributed by atoms with Crippen molar-refractivity contribution in [3.63, 3.8) is 0 Å². The van der Waals surface area contributed by atoms with E-state index in [4.69, 9.17) is 4.74 Å². The molecule has 1 saturated carbocycles. The Hall–Kier alpha value is -0.290. The van der Waals surface area contributed by atoms with Crippen molar-refractivity contribution >= 4 is 0 Å². The molecule has 0 aromatic rings. The molecule has 2 aliphatic rings. The molecule has 1 spiro atoms. The third kappa shape index (κ3) is 5.13. The summed E-state index contributed by atoms with van der Waals surface area (Å²) < 4.78 is 43.6. The van der Waals surface area contributed by atoms with Crippen LogP contribution in [0.5, 0.6) is 0 Å². The third-order valence-corrected chi connectivity index (χ3v) is 5.01. The van der Waals surface area contributed by atoms with Gasteiger partial charge >= 0.3 is 6.18 Å². The minimum absolute atomic E-state index is 0.0204. The van der Waals surface area contributed by atoms with Crippen LogP contribution < -0.4 is 5.32 Å². The normalized spacial score (nSPS) is 27.1. The maximum absolute atomic E-state index is 12.5. The highest BCUT2D eigenvalue weighted by Crippen LogP contribution is 2.43. The summed E-state index contributed by atoms with van der Waals surface area (Å²) in [5.74, 6) is 0.325. The first kappa shape index (κ1) is 17.1. The van der Waals surface area contributed by atoms with Gasteiger partial charge in [-0.3, -0.25) is 0 Å². The van der Waals surface area contributed by atoms with Crippen molar-refractivity contribution in [2.45, 2.75) is 82.5 Å². The fourth-order valence-corrected chi connectivity index (χ4v) is 3.93. The van der Waals surface area contributed by atoms with Crippen molar-refractivity contribution < 1.29 is 17.9 Å². The summed E-state index contributed by atoms with van der Waals surface area (Å²) in [4.78, 5) is 0. The summed E-state index contributed by atoms with van der Waals surface area (Å²) in [5.41, 5.74) is -0.0205. The molecule has 1 aliphatic heterocycles. The zero-order valence-corrected chi connectivity index (χ0v) is 13.0. The van der Waals surface area contributed by atoms with Crippen LogP contribution in [0.4, 0.5) is 13.2 Å². The van der Waals surface area contributed by atoms with Gasteiger partial charge in [-0.2, -0.15) is 13.2 Å². The van der Waals surface area contributed by atoms with E-state index in [-0.39, 0.29) is 18.1 Å². The molecule has 1 aliphatic carbocycles. The van der Waals surface area contributed by atoms with E-state index >= 15 is 0 Å². The Kier molecular flexibility index (Phi) is 5.95. The molecule has 0 aromatic heterocycles.